The number of nitrogens with zero attached hydrogens (tertiary/aromatic N) is 1. The fourth-order valence-electron chi connectivity index (χ4n) is 4.06. The topological polar surface area (TPSA) is 87.7 Å². The molecule has 3 amide bonds. The molecule has 0 saturated heterocycles. The number of hydrogen-bond donors (Lipinski definition) is 2. The van der Waals surface area contributed by atoms with E-state index in [1.165, 1.54) is 0 Å². The number of carbonyl (C=O) groups is 3. The number of aryl methyl sites for hydroxylation is 1. The van der Waals surface area contributed by atoms with Gasteiger partial charge in [0.05, 0.1) is 0 Å². The molecule has 0 bridgehead atoms. The molecule has 1 rings (SSSR count). The van der Waals surface area contributed by atoms with E-state index in [2.05, 4.69) is 17.6 Å². The van der Waals surface area contributed by atoms with Crippen molar-refractivity contribution in [2.45, 2.75) is 125 Å². The van der Waals surface area contributed by atoms with Gasteiger partial charge in [-0.25, -0.2) is 4.79 Å². The minimum absolute atomic E-state index is 0.165. The molecule has 0 spiro atoms. The molecule has 2 N–H and O–H groups in total. The second-order valence-corrected chi connectivity index (χ2v) is 11.7. The predicted molar refractivity (Wildman–Crippen MR) is 150 cm³/mol. The maximum atomic E-state index is 14.4. The van der Waals surface area contributed by atoms with Crippen LogP contribution in [0.2, 0.25) is 0 Å². The number of hydrogen-bond acceptors (Lipinski definition) is 4. The van der Waals surface area contributed by atoms with Gasteiger partial charge in [0.1, 0.15) is 17.7 Å². The molecule has 0 aliphatic heterocycles. The monoisotopic (exact) mass is 517 g/mol. The number of nitrogens with one attached hydrogen (secondary N) is 2. The Labute approximate surface area is 225 Å². The first-order valence-electron chi connectivity index (χ1n) is 13.8. The van der Waals surface area contributed by atoms with Gasteiger partial charge in [0.15, 0.2) is 0 Å². The summed E-state index contributed by atoms with van der Waals surface area (Å²) in [6, 6.07) is 6.07. The van der Waals surface area contributed by atoms with Crippen molar-refractivity contribution in [1.29, 1.82) is 0 Å². The van der Waals surface area contributed by atoms with Crippen molar-refractivity contribution < 1.29 is 19.1 Å². The molecule has 7 heteroatoms. The quantitative estimate of drug-likeness (QED) is 0.301. The van der Waals surface area contributed by atoms with Crippen LogP contribution in [0.25, 0.3) is 0 Å². The zero-order valence-electron chi connectivity index (χ0n) is 24.9. The number of ether oxygens (including phenoxy) is 1. The number of carbonyl (C=O) groups excluding carboxylic acids is 3. The van der Waals surface area contributed by atoms with Crippen molar-refractivity contribution in [3.63, 3.8) is 0 Å². The standard InChI is InChI=1S/C30H51N3O4/c1-11-14-15-20-31-26(34)25(23-18-16-21(4)17-19-23)33(30(9,10)13-3)27(35)24(22(5)12-2)32-28(36)37-29(6,7)8/h16-19,22,24-25H,11-15,20H2,1-10H3,(H,31,34)(H,32,36). The van der Waals surface area contributed by atoms with E-state index in [-0.39, 0.29) is 17.7 Å². The highest BCUT2D eigenvalue weighted by molar-refractivity contribution is 5.92. The molecule has 0 fully saturated rings. The van der Waals surface area contributed by atoms with E-state index in [0.29, 0.717) is 19.4 Å². The molecule has 3 unspecified atom stereocenters. The summed E-state index contributed by atoms with van der Waals surface area (Å²) in [6.07, 6.45) is 3.61. The molecule has 1 aromatic carbocycles. The lowest BCUT2D eigenvalue weighted by atomic mass is 9.89. The Hall–Kier alpha value is -2.57. The van der Waals surface area contributed by atoms with Gasteiger partial charge in [-0.3, -0.25) is 9.59 Å². The normalized spacial score (nSPS) is 14.3. The lowest BCUT2D eigenvalue weighted by Crippen LogP contribution is -2.60. The number of alkyl carbamates (subject to hydrolysis) is 1. The van der Waals surface area contributed by atoms with Crippen LogP contribution in [0.4, 0.5) is 4.79 Å². The van der Waals surface area contributed by atoms with Crippen LogP contribution in [0.15, 0.2) is 24.3 Å². The van der Waals surface area contributed by atoms with Gasteiger partial charge in [-0.15, -0.1) is 0 Å². The molecule has 0 saturated carbocycles. The SMILES string of the molecule is CCCCCNC(=O)C(c1ccc(C)cc1)N(C(=O)C(NC(=O)OC(C)(C)C)C(C)CC)C(C)(C)CC. The first-order valence-corrected chi connectivity index (χ1v) is 13.8. The molecule has 3 atom stereocenters. The predicted octanol–water partition coefficient (Wildman–Crippen LogP) is 6.30. The van der Waals surface area contributed by atoms with Gasteiger partial charge in [-0.1, -0.05) is 76.8 Å². The Morgan fingerprint density at radius 1 is 0.973 bits per heavy atom. The summed E-state index contributed by atoms with van der Waals surface area (Å²) in [5.41, 5.74) is 0.462. The smallest absolute Gasteiger partial charge is 0.408 e. The highest BCUT2D eigenvalue weighted by Gasteiger charge is 2.44. The third-order valence-electron chi connectivity index (χ3n) is 6.89. The van der Waals surface area contributed by atoms with E-state index < -0.39 is 29.3 Å². The van der Waals surface area contributed by atoms with Gasteiger partial charge in [0.25, 0.3) is 0 Å². The van der Waals surface area contributed by atoms with Crippen molar-refractivity contribution in [3.8, 4) is 0 Å². The molecule has 0 radical (unpaired) electrons. The molecule has 37 heavy (non-hydrogen) atoms. The second-order valence-electron chi connectivity index (χ2n) is 11.7. The number of benzene rings is 1. The van der Waals surface area contributed by atoms with Crippen LogP contribution in [0.1, 0.15) is 112 Å². The second kappa shape index (κ2) is 14.4. The Bertz CT molecular complexity index is 874. The minimum Gasteiger partial charge on any atom is -0.444 e. The van der Waals surface area contributed by atoms with Gasteiger partial charge in [0, 0.05) is 12.1 Å². The Morgan fingerprint density at radius 3 is 2.05 bits per heavy atom. The molecule has 210 valence electrons. The zero-order chi connectivity index (χ0) is 28.4. The van der Waals surface area contributed by atoms with Crippen LogP contribution in [0.3, 0.4) is 0 Å². The third kappa shape index (κ3) is 10.0. The van der Waals surface area contributed by atoms with E-state index >= 15 is 0 Å². The summed E-state index contributed by atoms with van der Waals surface area (Å²) in [5.74, 6) is -0.669. The maximum absolute atomic E-state index is 14.4. The van der Waals surface area contributed by atoms with Crippen molar-refractivity contribution in [2.75, 3.05) is 6.54 Å². The highest BCUT2D eigenvalue weighted by Crippen LogP contribution is 2.33. The molecule has 0 aliphatic rings. The molecular formula is C30H51N3O4. The number of amides is 3. The lowest BCUT2D eigenvalue weighted by Gasteiger charge is -2.45. The van der Waals surface area contributed by atoms with Crippen molar-refractivity contribution in [1.82, 2.24) is 15.5 Å². The van der Waals surface area contributed by atoms with Gasteiger partial charge in [0.2, 0.25) is 11.8 Å². The third-order valence-corrected chi connectivity index (χ3v) is 6.89. The van der Waals surface area contributed by atoms with Crippen molar-refractivity contribution in [3.05, 3.63) is 35.4 Å². The van der Waals surface area contributed by atoms with Crippen LogP contribution >= 0.6 is 0 Å². The zero-order valence-corrected chi connectivity index (χ0v) is 24.9. The van der Waals surface area contributed by atoms with E-state index in [1.54, 1.807) is 25.7 Å². The summed E-state index contributed by atoms with van der Waals surface area (Å²) < 4.78 is 5.49. The van der Waals surface area contributed by atoms with E-state index in [0.717, 1.165) is 30.4 Å². The van der Waals surface area contributed by atoms with E-state index in [9.17, 15) is 14.4 Å². The Balaban J connectivity index is 3.57. The first-order chi connectivity index (χ1) is 17.2. The molecular weight excluding hydrogens is 466 g/mol. The lowest BCUT2D eigenvalue weighted by molar-refractivity contribution is -0.150. The maximum Gasteiger partial charge on any atom is 0.408 e. The Kier molecular flexibility index (Phi) is 12.6. The van der Waals surface area contributed by atoms with Gasteiger partial charge < -0.3 is 20.3 Å². The van der Waals surface area contributed by atoms with Gasteiger partial charge >= 0.3 is 6.09 Å². The molecule has 0 heterocycles. The summed E-state index contributed by atoms with van der Waals surface area (Å²) in [5, 5.41) is 5.90. The Morgan fingerprint density at radius 2 is 1.57 bits per heavy atom. The summed E-state index contributed by atoms with van der Waals surface area (Å²) in [6.45, 7) is 19.9. The number of unbranched alkanes of at least 4 members (excludes halogenated alkanes) is 2. The van der Waals surface area contributed by atoms with Crippen molar-refractivity contribution in [2.24, 2.45) is 5.92 Å². The van der Waals surface area contributed by atoms with Crippen LogP contribution in [0.5, 0.6) is 0 Å². The van der Waals surface area contributed by atoms with E-state index in [1.807, 2.05) is 65.8 Å². The van der Waals surface area contributed by atoms with Crippen LogP contribution in [0, 0.1) is 12.8 Å². The average Bonchev–Trinajstić information content (AvgIpc) is 2.82. The molecule has 0 aliphatic carbocycles. The van der Waals surface area contributed by atoms with E-state index in [4.69, 9.17) is 4.74 Å². The van der Waals surface area contributed by atoms with Crippen LogP contribution < -0.4 is 10.6 Å². The van der Waals surface area contributed by atoms with Crippen molar-refractivity contribution >= 4 is 17.9 Å². The fraction of sp³-hybridized carbons (Fsp3) is 0.700. The van der Waals surface area contributed by atoms with Crippen LogP contribution in [-0.4, -0.2) is 46.5 Å². The summed E-state index contributed by atoms with van der Waals surface area (Å²) in [4.78, 5) is 42.6. The average molecular weight is 518 g/mol. The minimum atomic E-state index is -0.841. The van der Waals surface area contributed by atoms with Gasteiger partial charge in [-0.2, -0.15) is 0 Å². The highest BCUT2D eigenvalue weighted by atomic mass is 16.6. The largest absolute Gasteiger partial charge is 0.444 e. The summed E-state index contributed by atoms with van der Waals surface area (Å²) >= 11 is 0. The number of rotatable bonds is 13. The molecule has 0 aromatic heterocycles. The fourth-order valence-corrected chi connectivity index (χ4v) is 4.06. The van der Waals surface area contributed by atoms with Crippen LogP contribution in [-0.2, 0) is 14.3 Å². The van der Waals surface area contributed by atoms with Gasteiger partial charge in [-0.05, 0) is 65.9 Å². The molecule has 7 nitrogen and oxygen atoms in total. The first kappa shape index (κ1) is 32.5. The molecule has 1 aromatic rings. The summed E-state index contributed by atoms with van der Waals surface area (Å²) in [7, 11) is 0.